The first-order valence-corrected chi connectivity index (χ1v) is 9.38. The summed E-state index contributed by atoms with van der Waals surface area (Å²) >= 11 is 0. The van der Waals surface area contributed by atoms with E-state index in [1.54, 1.807) is 31.2 Å². The molecule has 2 atom stereocenters. The molecule has 1 aliphatic rings. The van der Waals surface area contributed by atoms with E-state index in [0.29, 0.717) is 17.9 Å². The molecule has 7 nitrogen and oxygen atoms in total. The van der Waals surface area contributed by atoms with Gasteiger partial charge < -0.3 is 19.6 Å². The van der Waals surface area contributed by atoms with Crippen LogP contribution < -0.4 is 4.74 Å². The van der Waals surface area contributed by atoms with Crippen LogP contribution in [0.2, 0.25) is 0 Å². The van der Waals surface area contributed by atoms with Gasteiger partial charge in [0.15, 0.2) is 6.61 Å². The number of carbonyl (C=O) groups is 3. The van der Waals surface area contributed by atoms with Crippen molar-refractivity contribution in [3.63, 3.8) is 0 Å². The molecule has 27 heavy (non-hydrogen) atoms. The molecular weight excluding hydrogens is 348 g/mol. The van der Waals surface area contributed by atoms with Gasteiger partial charge in [-0.25, -0.2) is 0 Å². The minimum atomic E-state index is -1.05. The number of benzene rings is 1. The standard InChI is InChI=1S/C20H28N2O5/c1-4-21(12-19(24)25)20(26)16-8-10-17(11-9-16)27-13-18(23)22-14(2)6-5-7-15(22)3/h8-11,14-15H,4-7,12-13H2,1-3H3,(H,24,25). The highest BCUT2D eigenvalue weighted by molar-refractivity contribution is 5.95. The number of hydrogen-bond acceptors (Lipinski definition) is 4. The third-order valence-corrected chi connectivity index (χ3v) is 4.94. The lowest BCUT2D eigenvalue weighted by molar-refractivity contribution is -0.139. The summed E-state index contributed by atoms with van der Waals surface area (Å²) in [5.74, 6) is -0.935. The van der Waals surface area contributed by atoms with Gasteiger partial charge in [0.2, 0.25) is 0 Å². The van der Waals surface area contributed by atoms with Crippen molar-refractivity contribution < 1.29 is 24.2 Å². The van der Waals surface area contributed by atoms with Crippen LogP contribution >= 0.6 is 0 Å². The predicted octanol–water partition coefficient (Wildman–Crippen LogP) is 2.40. The van der Waals surface area contributed by atoms with Gasteiger partial charge in [-0.2, -0.15) is 0 Å². The van der Waals surface area contributed by atoms with Crippen LogP contribution in [0.15, 0.2) is 24.3 Å². The van der Waals surface area contributed by atoms with E-state index in [2.05, 4.69) is 13.8 Å². The van der Waals surface area contributed by atoms with E-state index < -0.39 is 5.97 Å². The van der Waals surface area contributed by atoms with Crippen LogP contribution in [-0.2, 0) is 9.59 Å². The van der Waals surface area contributed by atoms with Gasteiger partial charge in [-0.05, 0) is 64.3 Å². The molecule has 1 N–H and O–H groups in total. The zero-order chi connectivity index (χ0) is 20.0. The quantitative estimate of drug-likeness (QED) is 0.790. The SMILES string of the molecule is CCN(CC(=O)O)C(=O)c1ccc(OCC(=O)N2C(C)CCCC2C)cc1. The molecule has 0 bridgehead atoms. The fraction of sp³-hybridized carbons (Fsp3) is 0.550. The molecule has 2 rings (SSSR count). The Labute approximate surface area is 159 Å². The number of likely N-dealkylation sites (N-methyl/N-ethyl adjacent to an activating group) is 1. The maximum atomic E-state index is 12.5. The number of carboxylic acids is 1. The molecule has 0 aliphatic carbocycles. The summed E-state index contributed by atoms with van der Waals surface area (Å²) in [7, 11) is 0. The Kier molecular flexibility index (Phi) is 7.21. The first-order valence-electron chi connectivity index (χ1n) is 9.38. The number of nitrogens with zero attached hydrogens (tertiary/aromatic N) is 2. The van der Waals surface area contributed by atoms with E-state index in [9.17, 15) is 14.4 Å². The number of aliphatic carboxylic acids is 1. The van der Waals surface area contributed by atoms with Crippen molar-refractivity contribution in [3.05, 3.63) is 29.8 Å². The van der Waals surface area contributed by atoms with Gasteiger partial charge in [-0.15, -0.1) is 0 Å². The summed E-state index contributed by atoms with van der Waals surface area (Å²) in [4.78, 5) is 38.8. The van der Waals surface area contributed by atoms with Gasteiger partial charge in [0.25, 0.3) is 11.8 Å². The van der Waals surface area contributed by atoms with Gasteiger partial charge in [-0.3, -0.25) is 14.4 Å². The van der Waals surface area contributed by atoms with Gasteiger partial charge in [0.1, 0.15) is 12.3 Å². The summed E-state index contributed by atoms with van der Waals surface area (Å²) in [5.41, 5.74) is 0.384. The number of carboxylic acid groups (broad SMARTS) is 1. The average Bonchev–Trinajstić information content (AvgIpc) is 2.64. The van der Waals surface area contributed by atoms with Gasteiger partial charge in [-0.1, -0.05) is 0 Å². The third kappa shape index (κ3) is 5.45. The number of amides is 2. The maximum Gasteiger partial charge on any atom is 0.323 e. The molecule has 1 aromatic rings. The van der Waals surface area contributed by atoms with Gasteiger partial charge in [0, 0.05) is 24.2 Å². The summed E-state index contributed by atoms with van der Waals surface area (Å²) in [5, 5.41) is 8.87. The third-order valence-electron chi connectivity index (χ3n) is 4.94. The summed E-state index contributed by atoms with van der Waals surface area (Å²) in [6.45, 7) is 5.78. The van der Waals surface area contributed by atoms with Gasteiger partial charge in [0.05, 0.1) is 0 Å². The van der Waals surface area contributed by atoms with Gasteiger partial charge >= 0.3 is 5.97 Å². The fourth-order valence-electron chi connectivity index (χ4n) is 3.50. The van der Waals surface area contributed by atoms with E-state index in [1.165, 1.54) is 4.90 Å². The largest absolute Gasteiger partial charge is 0.484 e. The molecule has 1 saturated heterocycles. The summed E-state index contributed by atoms with van der Waals surface area (Å²) in [6, 6.07) is 6.85. The first kappa shape index (κ1) is 20.7. The van der Waals surface area contributed by atoms with E-state index in [-0.39, 0.29) is 37.0 Å². The lowest BCUT2D eigenvalue weighted by Gasteiger charge is -2.38. The molecule has 0 saturated carbocycles. The number of ether oxygens (including phenoxy) is 1. The van der Waals surface area contributed by atoms with E-state index in [1.807, 2.05) is 4.90 Å². The topological polar surface area (TPSA) is 87.1 Å². The van der Waals surface area contributed by atoms with Crippen molar-refractivity contribution in [2.75, 3.05) is 19.7 Å². The number of hydrogen-bond donors (Lipinski definition) is 1. The molecular formula is C20H28N2O5. The van der Waals surface area contributed by atoms with Crippen LogP contribution in [0.1, 0.15) is 50.4 Å². The second-order valence-electron chi connectivity index (χ2n) is 6.96. The molecule has 0 radical (unpaired) electrons. The Balaban J connectivity index is 1.94. The predicted molar refractivity (Wildman–Crippen MR) is 101 cm³/mol. The minimum Gasteiger partial charge on any atom is -0.484 e. The monoisotopic (exact) mass is 376 g/mol. The van der Waals surface area contributed by atoms with Crippen LogP contribution in [0.25, 0.3) is 0 Å². The van der Waals surface area contributed by atoms with Crippen LogP contribution in [0.4, 0.5) is 0 Å². The molecule has 148 valence electrons. The minimum absolute atomic E-state index is 0.0338. The molecule has 0 aromatic heterocycles. The highest BCUT2D eigenvalue weighted by atomic mass is 16.5. The normalized spacial score (nSPS) is 19.4. The molecule has 7 heteroatoms. The van der Waals surface area contributed by atoms with Crippen molar-refractivity contribution in [1.82, 2.24) is 9.80 Å². The van der Waals surface area contributed by atoms with Crippen molar-refractivity contribution in [2.45, 2.75) is 52.1 Å². The molecule has 1 aromatic carbocycles. The van der Waals surface area contributed by atoms with E-state index >= 15 is 0 Å². The maximum absolute atomic E-state index is 12.5. The first-order chi connectivity index (χ1) is 12.8. The summed E-state index contributed by atoms with van der Waals surface area (Å²) < 4.78 is 5.59. The Hall–Kier alpha value is -2.57. The summed E-state index contributed by atoms with van der Waals surface area (Å²) in [6.07, 6.45) is 3.16. The molecule has 0 spiro atoms. The highest BCUT2D eigenvalue weighted by Gasteiger charge is 2.29. The van der Waals surface area contributed by atoms with E-state index in [0.717, 1.165) is 19.3 Å². The van der Waals surface area contributed by atoms with Crippen LogP contribution in [0.3, 0.4) is 0 Å². The van der Waals surface area contributed by atoms with Crippen molar-refractivity contribution >= 4 is 17.8 Å². The lowest BCUT2D eigenvalue weighted by atomic mass is 9.97. The number of likely N-dealkylation sites (tertiary alicyclic amines) is 1. The highest BCUT2D eigenvalue weighted by Crippen LogP contribution is 2.23. The van der Waals surface area contributed by atoms with Crippen molar-refractivity contribution in [2.24, 2.45) is 0 Å². The Morgan fingerprint density at radius 1 is 1.15 bits per heavy atom. The number of piperidine rings is 1. The Bertz CT molecular complexity index is 663. The van der Waals surface area contributed by atoms with E-state index in [4.69, 9.17) is 9.84 Å². The zero-order valence-corrected chi connectivity index (χ0v) is 16.2. The molecule has 1 aliphatic heterocycles. The molecule has 1 heterocycles. The lowest BCUT2D eigenvalue weighted by Crippen LogP contribution is -2.49. The smallest absolute Gasteiger partial charge is 0.323 e. The second-order valence-corrected chi connectivity index (χ2v) is 6.96. The second kappa shape index (κ2) is 9.39. The van der Waals surface area contributed by atoms with Crippen LogP contribution in [0, 0.1) is 0 Å². The van der Waals surface area contributed by atoms with Crippen molar-refractivity contribution in [3.8, 4) is 5.75 Å². The number of carbonyl (C=O) groups excluding carboxylic acids is 2. The molecule has 1 fully saturated rings. The van der Waals surface area contributed by atoms with Crippen LogP contribution in [-0.4, -0.2) is 64.5 Å². The fourth-order valence-corrected chi connectivity index (χ4v) is 3.50. The van der Waals surface area contributed by atoms with Crippen LogP contribution in [0.5, 0.6) is 5.75 Å². The number of rotatable bonds is 7. The Morgan fingerprint density at radius 2 is 1.74 bits per heavy atom. The van der Waals surface area contributed by atoms with Crippen molar-refractivity contribution in [1.29, 1.82) is 0 Å². The average molecular weight is 376 g/mol. The zero-order valence-electron chi connectivity index (χ0n) is 16.2. The molecule has 2 amide bonds. The molecule has 2 unspecified atom stereocenters. The Morgan fingerprint density at radius 3 is 2.26 bits per heavy atom.